The van der Waals surface area contributed by atoms with Crippen LogP contribution in [0.25, 0.3) is 0 Å². The maximum absolute atomic E-state index is 12.4. The quantitative estimate of drug-likeness (QED) is 0.793. The molecule has 2 unspecified atom stereocenters. The Morgan fingerprint density at radius 3 is 2.46 bits per heavy atom. The summed E-state index contributed by atoms with van der Waals surface area (Å²) in [5, 5.41) is 0. The van der Waals surface area contributed by atoms with E-state index in [-0.39, 0.29) is 23.9 Å². The van der Waals surface area contributed by atoms with Crippen molar-refractivity contribution in [3.63, 3.8) is 0 Å². The standard InChI is InChI=1S/C19H27NO4/c1-5-23-17(21)16-13-20(18(22)24-19(2,3)4)12-11-15(16)14-9-7-6-8-10-14/h6-10,15-16H,5,11-13H2,1-4H3. The van der Waals surface area contributed by atoms with Crippen LogP contribution in [0.4, 0.5) is 4.79 Å². The normalized spacial score (nSPS) is 21.2. The molecule has 0 bridgehead atoms. The summed E-state index contributed by atoms with van der Waals surface area (Å²) in [6, 6.07) is 9.95. The highest BCUT2D eigenvalue weighted by molar-refractivity contribution is 5.76. The zero-order valence-electron chi connectivity index (χ0n) is 15.0. The van der Waals surface area contributed by atoms with Gasteiger partial charge in [0.15, 0.2) is 0 Å². The van der Waals surface area contributed by atoms with Crippen molar-refractivity contribution in [3.05, 3.63) is 35.9 Å². The number of piperidine rings is 1. The molecule has 0 aliphatic carbocycles. The zero-order valence-corrected chi connectivity index (χ0v) is 15.0. The molecule has 2 atom stereocenters. The Morgan fingerprint density at radius 2 is 1.88 bits per heavy atom. The molecule has 132 valence electrons. The van der Waals surface area contributed by atoms with Gasteiger partial charge in [-0.2, -0.15) is 0 Å². The summed E-state index contributed by atoms with van der Waals surface area (Å²) >= 11 is 0. The van der Waals surface area contributed by atoms with Crippen molar-refractivity contribution < 1.29 is 19.1 Å². The number of hydrogen-bond donors (Lipinski definition) is 0. The van der Waals surface area contributed by atoms with Gasteiger partial charge in [-0.05, 0) is 39.7 Å². The third kappa shape index (κ3) is 4.73. The summed E-state index contributed by atoms with van der Waals surface area (Å²) < 4.78 is 10.7. The van der Waals surface area contributed by atoms with Crippen LogP contribution in [-0.2, 0) is 14.3 Å². The van der Waals surface area contributed by atoms with E-state index in [1.54, 1.807) is 11.8 Å². The molecular formula is C19H27NO4. The van der Waals surface area contributed by atoms with Crippen molar-refractivity contribution in [3.8, 4) is 0 Å². The van der Waals surface area contributed by atoms with E-state index in [1.807, 2.05) is 51.1 Å². The molecule has 2 rings (SSSR count). The number of carbonyl (C=O) groups is 2. The second-order valence-corrected chi connectivity index (χ2v) is 7.09. The van der Waals surface area contributed by atoms with E-state index < -0.39 is 5.60 Å². The van der Waals surface area contributed by atoms with Crippen molar-refractivity contribution in [1.29, 1.82) is 0 Å². The van der Waals surface area contributed by atoms with E-state index in [4.69, 9.17) is 9.47 Å². The first kappa shape index (κ1) is 18.3. The topological polar surface area (TPSA) is 55.8 Å². The SMILES string of the molecule is CCOC(=O)C1CN(C(=O)OC(C)(C)C)CCC1c1ccccc1. The minimum Gasteiger partial charge on any atom is -0.466 e. The third-order valence-corrected chi connectivity index (χ3v) is 4.08. The van der Waals surface area contributed by atoms with Crippen LogP contribution in [0.1, 0.15) is 45.6 Å². The lowest BCUT2D eigenvalue weighted by molar-refractivity contribution is -0.150. The Kier molecular flexibility index (Phi) is 5.86. The fraction of sp³-hybridized carbons (Fsp3) is 0.579. The molecule has 5 heteroatoms. The van der Waals surface area contributed by atoms with Crippen molar-refractivity contribution in [2.45, 2.75) is 45.6 Å². The maximum Gasteiger partial charge on any atom is 0.410 e. The second-order valence-electron chi connectivity index (χ2n) is 7.09. The van der Waals surface area contributed by atoms with E-state index in [2.05, 4.69) is 0 Å². The Labute approximate surface area is 143 Å². The minimum absolute atomic E-state index is 0.0592. The zero-order chi connectivity index (χ0) is 17.7. The summed E-state index contributed by atoms with van der Waals surface area (Å²) in [6.45, 7) is 8.55. The number of benzene rings is 1. The van der Waals surface area contributed by atoms with E-state index >= 15 is 0 Å². The smallest absolute Gasteiger partial charge is 0.410 e. The summed E-state index contributed by atoms with van der Waals surface area (Å²) in [5.41, 5.74) is 0.562. The van der Waals surface area contributed by atoms with E-state index in [1.165, 1.54) is 0 Å². The molecule has 1 saturated heterocycles. The molecular weight excluding hydrogens is 306 g/mol. The Balaban J connectivity index is 2.16. The molecule has 0 N–H and O–H groups in total. The molecule has 1 fully saturated rings. The van der Waals surface area contributed by atoms with Crippen LogP contribution in [0, 0.1) is 5.92 Å². The van der Waals surface area contributed by atoms with Gasteiger partial charge in [-0.25, -0.2) is 4.79 Å². The average Bonchev–Trinajstić information content (AvgIpc) is 2.54. The third-order valence-electron chi connectivity index (χ3n) is 4.08. The molecule has 0 spiro atoms. The highest BCUT2D eigenvalue weighted by atomic mass is 16.6. The maximum atomic E-state index is 12.4. The van der Waals surface area contributed by atoms with Crippen LogP contribution >= 0.6 is 0 Å². The van der Waals surface area contributed by atoms with Crippen molar-refractivity contribution in [1.82, 2.24) is 4.90 Å². The largest absolute Gasteiger partial charge is 0.466 e. The number of carbonyl (C=O) groups excluding carboxylic acids is 2. The molecule has 1 aromatic rings. The predicted molar refractivity (Wildman–Crippen MR) is 91.7 cm³/mol. The van der Waals surface area contributed by atoms with E-state index in [0.717, 1.165) is 5.56 Å². The number of likely N-dealkylation sites (tertiary alicyclic amines) is 1. The summed E-state index contributed by atoms with van der Waals surface area (Å²) in [6.07, 6.45) is 0.343. The monoisotopic (exact) mass is 333 g/mol. The van der Waals surface area contributed by atoms with Crippen LogP contribution in [-0.4, -0.2) is 42.3 Å². The molecule has 0 aromatic heterocycles. The molecule has 1 amide bonds. The summed E-state index contributed by atoms with van der Waals surface area (Å²) in [7, 11) is 0. The number of ether oxygens (including phenoxy) is 2. The highest BCUT2D eigenvalue weighted by Crippen LogP contribution is 2.34. The van der Waals surface area contributed by atoms with Gasteiger partial charge in [-0.3, -0.25) is 4.79 Å². The Hall–Kier alpha value is -2.04. The van der Waals surface area contributed by atoms with E-state index in [0.29, 0.717) is 26.1 Å². The lowest BCUT2D eigenvalue weighted by Crippen LogP contribution is -2.47. The summed E-state index contributed by atoms with van der Waals surface area (Å²) in [5.74, 6) is -0.558. The van der Waals surface area contributed by atoms with Gasteiger partial charge in [-0.15, -0.1) is 0 Å². The minimum atomic E-state index is -0.549. The van der Waals surface area contributed by atoms with Gasteiger partial charge >= 0.3 is 12.1 Å². The van der Waals surface area contributed by atoms with Crippen LogP contribution in [0.5, 0.6) is 0 Å². The van der Waals surface area contributed by atoms with Crippen LogP contribution in [0.3, 0.4) is 0 Å². The Morgan fingerprint density at radius 1 is 1.21 bits per heavy atom. The number of esters is 1. The van der Waals surface area contributed by atoms with Crippen molar-refractivity contribution in [2.24, 2.45) is 5.92 Å². The molecule has 1 aliphatic rings. The molecule has 1 heterocycles. The Bertz CT molecular complexity index is 564. The van der Waals surface area contributed by atoms with E-state index in [9.17, 15) is 9.59 Å². The summed E-state index contributed by atoms with van der Waals surface area (Å²) in [4.78, 5) is 26.4. The van der Waals surface area contributed by atoms with Crippen LogP contribution in [0.2, 0.25) is 0 Å². The van der Waals surface area contributed by atoms with Gasteiger partial charge in [-0.1, -0.05) is 30.3 Å². The van der Waals surface area contributed by atoms with Gasteiger partial charge in [0.25, 0.3) is 0 Å². The van der Waals surface area contributed by atoms with Gasteiger partial charge in [0.05, 0.1) is 12.5 Å². The fourth-order valence-corrected chi connectivity index (χ4v) is 3.03. The molecule has 1 aliphatic heterocycles. The number of amides is 1. The average molecular weight is 333 g/mol. The second kappa shape index (κ2) is 7.69. The number of hydrogen-bond acceptors (Lipinski definition) is 4. The fourth-order valence-electron chi connectivity index (χ4n) is 3.03. The molecule has 0 saturated carbocycles. The first-order chi connectivity index (χ1) is 11.3. The molecule has 1 aromatic carbocycles. The molecule has 0 radical (unpaired) electrons. The van der Waals surface area contributed by atoms with Gasteiger partial charge in [0.1, 0.15) is 5.60 Å². The number of nitrogens with zero attached hydrogens (tertiary/aromatic N) is 1. The number of rotatable bonds is 3. The molecule has 5 nitrogen and oxygen atoms in total. The van der Waals surface area contributed by atoms with Gasteiger partial charge in [0.2, 0.25) is 0 Å². The van der Waals surface area contributed by atoms with Gasteiger partial charge in [0, 0.05) is 19.0 Å². The van der Waals surface area contributed by atoms with Crippen molar-refractivity contribution >= 4 is 12.1 Å². The molecule has 24 heavy (non-hydrogen) atoms. The van der Waals surface area contributed by atoms with Crippen LogP contribution < -0.4 is 0 Å². The first-order valence-corrected chi connectivity index (χ1v) is 8.51. The predicted octanol–water partition coefficient (Wildman–Crippen LogP) is 3.59. The highest BCUT2D eigenvalue weighted by Gasteiger charge is 2.38. The first-order valence-electron chi connectivity index (χ1n) is 8.51. The lowest BCUT2D eigenvalue weighted by atomic mass is 9.80. The lowest BCUT2D eigenvalue weighted by Gasteiger charge is -2.38. The van der Waals surface area contributed by atoms with Crippen molar-refractivity contribution in [2.75, 3.05) is 19.7 Å². The van der Waals surface area contributed by atoms with Crippen LogP contribution in [0.15, 0.2) is 30.3 Å². The van der Waals surface area contributed by atoms with Gasteiger partial charge < -0.3 is 14.4 Å².